The van der Waals surface area contributed by atoms with Crippen LogP contribution in [0.4, 0.5) is 0 Å². The monoisotopic (exact) mass is 340 g/mol. The Morgan fingerprint density at radius 1 is 0.762 bits per heavy atom. The topological polar surface area (TPSA) is 57.2 Å². The predicted molar refractivity (Wildman–Crippen MR) is 96.3 cm³/mol. The first-order valence-corrected chi connectivity index (χ1v) is 11.6. The Balaban J connectivity index is 0. The maximum absolute atomic E-state index is 9.68. The summed E-state index contributed by atoms with van der Waals surface area (Å²) in [4.78, 5) is 0. The third-order valence-corrected chi connectivity index (χ3v) is 4.86. The average molecular weight is 341 g/mol. The predicted octanol–water partition coefficient (Wildman–Crippen LogP) is 4.29. The molecule has 0 aromatic carbocycles. The van der Waals surface area contributed by atoms with E-state index in [1.54, 1.807) is 18.7 Å². The molecule has 0 radical (unpaired) electrons. The molecular weight excluding hydrogens is 304 g/mol. The molecule has 130 valence electrons. The van der Waals surface area contributed by atoms with Crippen molar-refractivity contribution < 1.29 is 13.0 Å². The molecule has 0 bridgehead atoms. The minimum atomic E-state index is -3.92. The summed E-state index contributed by atoms with van der Waals surface area (Å²) in [7, 11) is -3.92. The smallest absolute Gasteiger partial charge is 0.105 e. The molecule has 0 aromatic heterocycles. The quantitative estimate of drug-likeness (QED) is 0.217. The van der Waals surface area contributed by atoms with Gasteiger partial charge in [0.15, 0.2) is 0 Å². The summed E-state index contributed by atoms with van der Waals surface area (Å²) in [6, 6.07) is 0. The van der Waals surface area contributed by atoms with Gasteiger partial charge in [-0.05, 0) is 31.0 Å². The minimum Gasteiger partial charge on any atom is -0.748 e. The molecule has 0 heterocycles. The molecule has 0 aliphatic heterocycles. The molecule has 0 rings (SSSR count). The van der Waals surface area contributed by atoms with Crippen LogP contribution in [0.2, 0.25) is 0 Å². The molecule has 21 heavy (non-hydrogen) atoms. The highest BCUT2D eigenvalue weighted by molar-refractivity contribution is 7.85. The molecule has 0 atom stereocenters. The second-order valence-electron chi connectivity index (χ2n) is 5.48. The third kappa shape index (κ3) is 29.0. The summed E-state index contributed by atoms with van der Waals surface area (Å²) in [5.74, 6) is 1.17. The fourth-order valence-electron chi connectivity index (χ4n) is 2.01. The van der Waals surface area contributed by atoms with E-state index in [0.717, 1.165) is 0 Å². The van der Waals surface area contributed by atoms with Crippen molar-refractivity contribution in [2.45, 2.75) is 84.5 Å². The van der Waals surface area contributed by atoms with Gasteiger partial charge >= 0.3 is 0 Å². The SMILES string of the molecule is CCCCCCCCCCCC[SH+]C.CCCS(=O)(=O)[O-]. The van der Waals surface area contributed by atoms with Gasteiger partial charge < -0.3 is 4.55 Å². The molecule has 3 nitrogen and oxygen atoms in total. The van der Waals surface area contributed by atoms with Gasteiger partial charge in [0, 0.05) is 5.75 Å². The number of unbranched alkanes of at least 4 members (excludes halogenated alkanes) is 9. The molecule has 0 fully saturated rings. The van der Waals surface area contributed by atoms with Crippen LogP contribution < -0.4 is 0 Å². The van der Waals surface area contributed by atoms with Gasteiger partial charge in [-0.2, -0.15) is 0 Å². The van der Waals surface area contributed by atoms with E-state index >= 15 is 0 Å². The van der Waals surface area contributed by atoms with E-state index in [2.05, 4.69) is 13.2 Å². The van der Waals surface area contributed by atoms with Crippen LogP contribution in [-0.2, 0) is 21.9 Å². The molecule has 0 amide bonds. The van der Waals surface area contributed by atoms with Crippen molar-refractivity contribution in [3.05, 3.63) is 0 Å². The maximum atomic E-state index is 9.68. The van der Waals surface area contributed by atoms with Gasteiger partial charge in [0.05, 0.1) is 16.4 Å². The molecular formula is C16H36O3S2. The molecule has 0 N–H and O–H groups in total. The lowest BCUT2D eigenvalue weighted by Gasteiger charge is -2.00. The highest BCUT2D eigenvalue weighted by Gasteiger charge is 1.93. The van der Waals surface area contributed by atoms with Crippen molar-refractivity contribution in [1.29, 1.82) is 0 Å². The van der Waals surface area contributed by atoms with Crippen molar-refractivity contribution in [1.82, 2.24) is 0 Å². The van der Waals surface area contributed by atoms with Crippen LogP contribution in [-0.4, -0.2) is 30.7 Å². The Hall–Kier alpha value is 0.260. The Labute approximate surface area is 137 Å². The summed E-state index contributed by atoms with van der Waals surface area (Å²) >= 11 is 1.57. The Morgan fingerprint density at radius 3 is 1.48 bits per heavy atom. The lowest BCUT2D eigenvalue weighted by molar-refractivity contribution is 0.462. The lowest BCUT2D eigenvalue weighted by atomic mass is 10.1. The molecule has 0 aromatic rings. The molecule has 0 unspecified atom stereocenters. The largest absolute Gasteiger partial charge is 0.748 e. The van der Waals surface area contributed by atoms with Gasteiger partial charge in [-0.1, -0.05) is 65.2 Å². The van der Waals surface area contributed by atoms with E-state index in [-0.39, 0.29) is 5.75 Å². The van der Waals surface area contributed by atoms with E-state index in [1.165, 1.54) is 70.0 Å². The summed E-state index contributed by atoms with van der Waals surface area (Å²) in [6.07, 6.45) is 17.2. The van der Waals surface area contributed by atoms with E-state index < -0.39 is 10.1 Å². The third-order valence-electron chi connectivity index (χ3n) is 3.19. The first-order valence-electron chi connectivity index (χ1n) is 8.47. The van der Waals surface area contributed by atoms with E-state index in [0.29, 0.717) is 6.42 Å². The zero-order valence-corrected chi connectivity index (χ0v) is 16.0. The van der Waals surface area contributed by atoms with Crippen molar-refractivity contribution in [3.63, 3.8) is 0 Å². The minimum absolute atomic E-state index is 0.243. The average Bonchev–Trinajstić information content (AvgIpc) is 2.40. The van der Waals surface area contributed by atoms with Crippen LogP contribution in [0.1, 0.15) is 84.5 Å². The number of hydrogen-bond acceptors (Lipinski definition) is 3. The number of rotatable bonds is 13. The molecule has 0 aliphatic carbocycles. The first kappa shape index (κ1) is 23.5. The van der Waals surface area contributed by atoms with Crippen molar-refractivity contribution in [2.24, 2.45) is 0 Å². The van der Waals surface area contributed by atoms with Crippen molar-refractivity contribution >= 4 is 21.9 Å². The fourth-order valence-corrected chi connectivity index (χ4v) is 3.05. The normalized spacial score (nSPS) is 11.0. The molecule has 0 saturated heterocycles. The zero-order valence-electron chi connectivity index (χ0n) is 14.3. The second-order valence-corrected chi connectivity index (χ2v) is 8.09. The Morgan fingerprint density at radius 2 is 1.19 bits per heavy atom. The number of hydrogen-bond donors (Lipinski definition) is 0. The molecule has 0 aliphatic rings. The van der Waals surface area contributed by atoms with Crippen LogP contribution in [0.5, 0.6) is 0 Å². The highest BCUT2D eigenvalue weighted by Crippen LogP contribution is 2.10. The summed E-state index contributed by atoms with van der Waals surface area (Å²) in [5, 5.41) is 0. The van der Waals surface area contributed by atoms with Crippen molar-refractivity contribution in [2.75, 3.05) is 17.8 Å². The van der Waals surface area contributed by atoms with Crippen LogP contribution in [0.15, 0.2) is 0 Å². The van der Waals surface area contributed by atoms with Gasteiger partial charge in [-0.25, -0.2) is 8.42 Å². The van der Waals surface area contributed by atoms with Crippen LogP contribution in [0.25, 0.3) is 0 Å². The van der Waals surface area contributed by atoms with Gasteiger partial charge in [-0.3, -0.25) is 0 Å². The van der Waals surface area contributed by atoms with Crippen LogP contribution >= 0.6 is 0 Å². The molecule has 5 heteroatoms. The van der Waals surface area contributed by atoms with E-state index in [1.807, 2.05) is 0 Å². The van der Waals surface area contributed by atoms with Crippen molar-refractivity contribution in [3.8, 4) is 0 Å². The van der Waals surface area contributed by atoms with E-state index in [4.69, 9.17) is 0 Å². The Bertz CT molecular complexity index is 265. The summed E-state index contributed by atoms with van der Waals surface area (Å²) in [6.45, 7) is 3.93. The summed E-state index contributed by atoms with van der Waals surface area (Å²) in [5.41, 5.74) is 0. The Kier molecular flexibility index (Phi) is 20.5. The molecule has 0 spiro atoms. The van der Waals surface area contributed by atoms with Gasteiger partial charge in [0.2, 0.25) is 0 Å². The zero-order chi connectivity index (χ0) is 16.4. The standard InChI is InChI=1S/C13H28S.C3H8O3S/c1-3-4-5-6-7-8-9-10-11-12-13-14-2;1-2-3-7(4,5)6/h3-13H2,1-2H3;2-3H2,1H3,(H,4,5,6). The van der Waals surface area contributed by atoms with Gasteiger partial charge in [-0.15, -0.1) is 0 Å². The highest BCUT2D eigenvalue weighted by atomic mass is 32.2. The van der Waals surface area contributed by atoms with Gasteiger partial charge in [0.1, 0.15) is 5.75 Å². The molecule has 0 saturated carbocycles. The van der Waals surface area contributed by atoms with Crippen LogP contribution in [0.3, 0.4) is 0 Å². The lowest BCUT2D eigenvalue weighted by Crippen LogP contribution is -2.01. The number of thiol groups is 1. The maximum Gasteiger partial charge on any atom is 0.105 e. The first-order chi connectivity index (χ1) is 9.97. The van der Waals surface area contributed by atoms with Crippen LogP contribution in [0, 0.1) is 0 Å². The van der Waals surface area contributed by atoms with E-state index in [9.17, 15) is 13.0 Å². The second kappa shape index (κ2) is 18.3. The fraction of sp³-hybridized carbons (Fsp3) is 1.00. The summed E-state index contributed by atoms with van der Waals surface area (Å²) < 4.78 is 29.0. The van der Waals surface area contributed by atoms with Gasteiger partial charge in [0.25, 0.3) is 0 Å².